The summed E-state index contributed by atoms with van der Waals surface area (Å²) < 4.78 is 2.23. The van der Waals surface area contributed by atoms with Crippen LogP contribution in [0.25, 0.3) is 43.7 Å². The van der Waals surface area contributed by atoms with Crippen molar-refractivity contribution < 1.29 is 10.2 Å². The fourth-order valence-corrected chi connectivity index (χ4v) is 4.93. The van der Waals surface area contributed by atoms with Crippen LogP contribution in [-0.2, 0) is 13.0 Å². The van der Waals surface area contributed by atoms with Crippen LogP contribution in [0.1, 0.15) is 11.1 Å². The van der Waals surface area contributed by atoms with Crippen LogP contribution in [0.3, 0.4) is 0 Å². The fourth-order valence-electron chi connectivity index (χ4n) is 4.93. The first-order valence-corrected chi connectivity index (χ1v) is 9.24. The zero-order valence-electron chi connectivity index (χ0n) is 14.7. The molecule has 0 spiro atoms. The monoisotopic (exact) mass is 354 g/mol. The van der Waals surface area contributed by atoms with Crippen molar-refractivity contribution in [2.75, 3.05) is 6.61 Å². The second-order valence-corrected chi connectivity index (χ2v) is 7.23. The van der Waals surface area contributed by atoms with Gasteiger partial charge < -0.3 is 19.8 Å². The molecule has 1 aliphatic rings. The quantitative estimate of drug-likeness (QED) is 0.427. The van der Waals surface area contributed by atoms with Gasteiger partial charge in [0.25, 0.3) is 0 Å². The molecule has 0 aliphatic heterocycles. The average molecular weight is 354 g/mol. The van der Waals surface area contributed by atoms with Crippen LogP contribution in [0.15, 0.2) is 54.7 Å². The molecule has 0 atom stereocenters. The van der Waals surface area contributed by atoms with Crippen LogP contribution >= 0.6 is 0 Å². The highest BCUT2D eigenvalue weighted by molar-refractivity contribution is 6.26. The maximum absolute atomic E-state index is 10.6. The van der Waals surface area contributed by atoms with Gasteiger partial charge in [-0.1, -0.05) is 42.5 Å². The summed E-state index contributed by atoms with van der Waals surface area (Å²) in [5.74, 6) is 0.221. The average Bonchev–Trinajstić information content (AvgIpc) is 3.34. The molecule has 6 rings (SSSR count). The molecule has 0 radical (unpaired) electrons. The molecular weight excluding hydrogens is 336 g/mol. The Kier molecular flexibility index (Phi) is 2.84. The van der Waals surface area contributed by atoms with Crippen molar-refractivity contribution in [3.63, 3.8) is 0 Å². The summed E-state index contributed by atoms with van der Waals surface area (Å²) >= 11 is 0. The molecule has 2 heterocycles. The largest absolute Gasteiger partial charge is 0.494 e. The van der Waals surface area contributed by atoms with Crippen molar-refractivity contribution in [1.82, 2.24) is 9.55 Å². The van der Waals surface area contributed by atoms with E-state index in [1.165, 1.54) is 22.2 Å². The van der Waals surface area contributed by atoms with Crippen LogP contribution in [-0.4, -0.2) is 26.4 Å². The summed E-state index contributed by atoms with van der Waals surface area (Å²) in [6, 6.07) is 16.7. The molecular formula is C23H18N2O2. The van der Waals surface area contributed by atoms with Crippen molar-refractivity contribution in [1.29, 1.82) is 0 Å². The van der Waals surface area contributed by atoms with Gasteiger partial charge in [-0.15, -0.1) is 0 Å². The first kappa shape index (κ1) is 14.9. The number of para-hydroxylation sites is 1. The zero-order chi connectivity index (χ0) is 18.1. The minimum Gasteiger partial charge on any atom is -0.494 e. The molecule has 27 heavy (non-hydrogen) atoms. The highest BCUT2D eigenvalue weighted by Gasteiger charge is 2.29. The number of aliphatic hydroxyl groups is 1. The van der Waals surface area contributed by atoms with E-state index in [1.54, 1.807) is 0 Å². The number of aromatic hydroxyl groups is 1. The van der Waals surface area contributed by atoms with Gasteiger partial charge >= 0.3 is 0 Å². The van der Waals surface area contributed by atoms with E-state index < -0.39 is 0 Å². The van der Waals surface area contributed by atoms with Crippen molar-refractivity contribution in [2.45, 2.75) is 13.0 Å². The van der Waals surface area contributed by atoms with Gasteiger partial charge in [-0.05, 0) is 22.8 Å². The highest BCUT2D eigenvalue weighted by atomic mass is 16.3. The summed E-state index contributed by atoms with van der Waals surface area (Å²) in [6.07, 6.45) is 2.74. The fraction of sp³-hybridized carbons (Fsp3) is 0.130. The number of aromatic nitrogens is 2. The Morgan fingerprint density at radius 1 is 0.963 bits per heavy atom. The molecule has 0 bridgehead atoms. The maximum atomic E-state index is 10.6. The number of hydrogen-bond donors (Lipinski definition) is 3. The molecule has 0 saturated carbocycles. The standard InChI is InChI=1S/C23H18N2O2/c26-10-9-25-18-8-4-3-7-15(18)20-17-12-24-23(27)21(17)19-14-6-2-1-5-13(14)11-16(19)22(20)25/h1-8,12,24,26-27H,9-11H2. The topological polar surface area (TPSA) is 61.2 Å². The lowest BCUT2D eigenvalue weighted by Crippen LogP contribution is -2.03. The SMILES string of the molecule is OCCn1c2ccccc2c2c3c[nH]c(O)c3c3c(c21)Cc1ccccc1-3. The summed E-state index contributed by atoms with van der Waals surface area (Å²) in [7, 11) is 0. The highest BCUT2D eigenvalue weighted by Crippen LogP contribution is 2.50. The Bertz CT molecular complexity index is 1370. The van der Waals surface area contributed by atoms with E-state index in [4.69, 9.17) is 0 Å². The van der Waals surface area contributed by atoms with Crippen molar-refractivity contribution >= 4 is 32.6 Å². The minimum atomic E-state index is 0.0892. The Balaban J connectivity index is 1.93. The summed E-state index contributed by atoms with van der Waals surface area (Å²) in [4.78, 5) is 3.03. The molecule has 1 aliphatic carbocycles. The second-order valence-electron chi connectivity index (χ2n) is 7.23. The lowest BCUT2D eigenvalue weighted by molar-refractivity contribution is 0.280. The Morgan fingerprint density at radius 3 is 2.67 bits per heavy atom. The van der Waals surface area contributed by atoms with Gasteiger partial charge in [0.1, 0.15) is 0 Å². The summed E-state index contributed by atoms with van der Waals surface area (Å²) in [5, 5.41) is 24.6. The summed E-state index contributed by atoms with van der Waals surface area (Å²) in [5.41, 5.74) is 7.11. The third-order valence-corrected chi connectivity index (χ3v) is 5.91. The molecule has 3 aromatic carbocycles. The number of nitrogens with zero attached hydrogens (tertiary/aromatic N) is 1. The van der Waals surface area contributed by atoms with E-state index in [-0.39, 0.29) is 12.5 Å². The molecule has 2 aromatic heterocycles. The Morgan fingerprint density at radius 2 is 1.78 bits per heavy atom. The van der Waals surface area contributed by atoms with Gasteiger partial charge in [-0.3, -0.25) is 0 Å². The third kappa shape index (κ3) is 1.76. The lowest BCUT2D eigenvalue weighted by Gasteiger charge is -2.11. The van der Waals surface area contributed by atoms with Crippen LogP contribution in [0, 0.1) is 0 Å². The van der Waals surface area contributed by atoms with E-state index in [2.05, 4.69) is 45.9 Å². The van der Waals surface area contributed by atoms with Crippen molar-refractivity contribution in [3.05, 3.63) is 65.9 Å². The van der Waals surface area contributed by atoms with Crippen LogP contribution in [0.2, 0.25) is 0 Å². The second kappa shape index (κ2) is 5.15. The third-order valence-electron chi connectivity index (χ3n) is 5.91. The van der Waals surface area contributed by atoms with Gasteiger partial charge in [0, 0.05) is 46.4 Å². The predicted octanol–water partition coefficient (Wildman–Crippen LogP) is 4.54. The lowest BCUT2D eigenvalue weighted by atomic mass is 9.96. The van der Waals surface area contributed by atoms with Gasteiger partial charge in [-0.2, -0.15) is 0 Å². The number of hydrogen-bond acceptors (Lipinski definition) is 2. The van der Waals surface area contributed by atoms with Crippen LogP contribution < -0.4 is 0 Å². The van der Waals surface area contributed by atoms with E-state index in [1.807, 2.05) is 18.3 Å². The summed E-state index contributed by atoms with van der Waals surface area (Å²) in [6.45, 7) is 0.640. The number of aromatic amines is 1. The molecule has 0 fully saturated rings. The Labute approximate surface area is 155 Å². The molecule has 0 amide bonds. The van der Waals surface area contributed by atoms with Gasteiger partial charge in [0.05, 0.1) is 17.5 Å². The molecule has 5 aromatic rings. The van der Waals surface area contributed by atoms with Crippen LogP contribution in [0.5, 0.6) is 5.88 Å². The number of nitrogens with one attached hydrogen (secondary N) is 1. The minimum absolute atomic E-state index is 0.0892. The normalized spacial score (nSPS) is 12.9. The Hall–Kier alpha value is -3.24. The number of aliphatic hydroxyl groups excluding tert-OH is 1. The number of H-pyrrole nitrogens is 1. The number of benzene rings is 3. The van der Waals surface area contributed by atoms with E-state index in [0.717, 1.165) is 39.0 Å². The smallest absolute Gasteiger partial charge is 0.197 e. The molecule has 0 unspecified atom stereocenters. The van der Waals surface area contributed by atoms with Crippen molar-refractivity contribution in [2.24, 2.45) is 0 Å². The van der Waals surface area contributed by atoms with Gasteiger partial charge in [0.15, 0.2) is 5.88 Å². The number of fused-ring (bicyclic) bond motifs is 10. The zero-order valence-corrected chi connectivity index (χ0v) is 14.7. The molecule has 132 valence electrons. The molecule has 4 heteroatoms. The first-order chi connectivity index (χ1) is 13.3. The first-order valence-electron chi connectivity index (χ1n) is 9.24. The molecule has 3 N–H and O–H groups in total. The van der Waals surface area contributed by atoms with Crippen LogP contribution in [0.4, 0.5) is 0 Å². The molecule has 0 saturated heterocycles. The molecule has 4 nitrogen and oxygen atoms in total. The van der Waals surface area contributed by atoms with Gasteiger partial charge in [0.2, 0.25) is 0 Å². The maximum Gasteiger partial charge on any atom is 0.197 e. The van der Waals surface area contributed by atoms with Gasteiger partial charge in [-0.25, -0.2) is 0 Å². The van der Waals surface area contributed by atoms with E-state index in [0.29, 0.717) is 6.54 Å². The van der Waals surface area contributed by atoms with E-state index in [9.17, 15) is 10.2 Å². The predicted molar refractivity (Wildman–Crippen MR) is 108 cm³/mol. The van der Waals surface area contributed by atoms with Crippen molar-refractivity contribution in [3.8, 4) is 17.0 Å². The van der Waals surface area contributed by atoms with E-state index >= 15 is 0 Å². The number of rotatable bonds is 2.